The number of halogens is 3. The van der Waals surface area contributed by atoms with Crippen LogP contribution < -0.4 is 5.73 Å². The molecule has 0 aliphatic carbocycles. The lowest BCUT2D eigenvalue weighted by Crippen LogP contribution is -2.41. The Bertz CT molecular complexity index is 2020. The van der Waals surface area contributed by atoms with Gasteiger partial charge in [0, 0.05) is 49.3 Å². The number of amides is 2. The summed E-state index contributed by atoms with van der Waals surface area (Å²) in [5.74, 6) is -0.853. The fourth-order valence-electron chi connectivity index (χ4n) is 6.98. The van der Waals surface area contributed by atoms with E-state index in [0.29, 0.717) is 50.1 Å². The van der Waals surface area contributed by atoms with E-state index in [1.807, 2.05) is 23.1 Å². The zero-order chi connectivity index (χ0) is 33.5. The molecule has 0 saturated carbocycles. The number of nitrogens with two attached hydrogens (primary N) is 1. The first-order valence-corrected chi connectivity index (χ1v) is 17.0. The molecular weight excluding hydrogens is 682 g/mol. The van der Waals surface area contributed by atoms with Gasteiger partial charge in [-0.3, -0.25) is 9.59 Å². The molecule has 0 bridgehead atoms. The van der Waals surface area contributed by atoms with Gasteiger partial charge in [-0.1, -0.05) is 30.3 Å². The van der Waals surface area contributed by atoms with Gasteiger partial charge >= 0.3 is 0 Å². The fourth-order valence-corrected chi connectivity index (χ4v) is 7.31. The first-order chi connectivity index (χ1) is 23.2. The molecule has 2 fully saturated rings. The fraction of sp³-hybridized carbons (Fsp3) is 0.343. The molecule has 2 saturated heterocycles. The molecule has 2 aliphatic rings. The molecule has 1 atom stereocenters. The van der Waals surface area contributed by atoms with Crippen LogP contribution in [0.5, 0.6) is 0 Å². The number of imidazole rings is 1. The summed E-state index contributed by atoms with van der Waals surface area (Å²) in [5.41, 5.74) is 9.10. The van der Waals surface area contributed by atoms with Gasteiger partial charge in [-0.15, -0.1) is 5.10 Å². The van der Waals surface area contributed by atoms with Crippen molar-refractivity contribution in [1.82, 2.24) is 34.3 Å². The van der Waals surface area contributed by atoms with Gasteiger partial charge in [0.2, 0.25) is 0 Å². The topological polar surface area (TPSA) is 115 Å². The number of fused-ring (bicyclic) bond motifs is 1. The summed E-state index contributed by atoms with van der Waals surface area (Å²) in [6.07, 6.45) is 5.52. The third-order valence-electron chi connectivity index (χ3n) is 9.50. The van der Waals surface area contributed by atoms with E-state index in [1.165, 1.54) is 0 Å². The third-order valence-corrected chi connectivity index (χ3v) is 10.2. The van der Waals surface area contributed by atoms with E-state index in [2.05, 4.69) is 43.8 Å². The molecule has 0 spiro atoms. The van der Waals surface area contributed by atoms with E-state index in [4.69, 9.17) is 10.7 Å². The molecule has 2 aliphatic heterocycles. The van der Waals surface area contributed by atoms with E-state index in [1.54, 1.807) is 40.0 Å². The van der Waals surface area contributed by atoms with Crippen molar-refractivity contribution in [2.75, 3.05) is 31.9 Å². The van der Waals surface area contributed by atoms with E-state index in [-0.39, 0.29) is 45.3 Å². The number of para-hydroxylation sites is 2. The molecule has 0 radical (unpaired) electrons. The Kier molecular flexibility index (Phi) is 8.71. The monoisotopic (exact) mass is 716 g/mol. The van der Waals surface area contributed by atoms with Gasteiger partial charge in [0.05, 0.1) is 39.5 Å². The molecule has 2 aromatic heterocycles. The Balaban J connectivity index is 1.01. The number of carbonyl (C=O) groups is 2. The van der Waals surface area contributed by atoms with Gasteiger partial charge < -0.3 is 20.1 Å². The van der Waals surface area contributed by atoms with Gasteiger partial charge in [0.1, 0.15) is 17.3 Å². The summed E-state index contributed by atoms with van der Waals surface area (Å²) in [5, 5.41) is 8.30. The molecule has 7 rings (SSSR count). The number of hydrogen-bond acceptors (Lipinski definition) is 6. The smallest absolute Gasteiger partial charge is 0.253 e. The van der Waals surface area contributed by atoms with Gasteiger partial charge in [-0.05, 0) is 78.0 Å². The molecule has 48 heavy (non-hydrogen) atoms. The number of benzene rings is 3. The molecular formula is C35H35BrF2N8O2. The van der Waals surface area contributed by atoms with Crippen molar-refractivity contribution >= 4 is 44.5 Å². The highest BCUT2D eigenvalue weighted by molar-refractivity contribution is 9.10. The summed E-state index contributed by atoms with van der Waals surface area (Å²) < 4.78 is 32.1. The number of carbonyl (C=O) groups excluding carboxylic acids is 2. The average Bonchev–Trinajstić information content (AvgIpc) is 3.77. The predicted octanol–water partition coefficient (Wildman–Crippen LogP) is 6.43. The lowest BCUT2D eigenvalue weighted by atomic mass is 10.0. The number of aryl methyl sites for hydroxylation is 1. The Morgan fingerprint density at radius 3 is 2.42 bits per heavy atom. The SMILES string of the molecule is CCc1nc2ccccc2n1C1CCCN(C(=O)c2cccc(C(=O)N3CCC(n4cc(-c5cc(F)c(Br)c(F)c5N)nn4)CC3)c2)C1. The minimum atomic E-state index is -0.883. The van der Waals surface area contributed by atoms with Crippen LogP contribution in [0.15, 0.2) is 65.3 Å². The van der Waals surface area contributed by atoms with Gasteiger partial charge in [0.25, 0.3) is 11.8 Å². The summed E-state index contributed by atoms with van der Waals surface area (Å²) in [7, 11) is 0. The van der Waals surface area contributed by atoms with Crippen molar-refractivity contribution in [2.24, 2.45) is 0 Å². The van der Waals surface area contributed by atoms with Crippen LogP contribution in [0.2, 0.25) is 0 Å². The van der Waals surface area contributed by atoms with Crippen LogP contribution in [0.4, 0.5) is 14.5 Å². The number of likely N-dealkylation sites (tertiary alicyclic amines) is 2. The van der Waals surface area contributed by atoms with Crippen molar-refractivity contribution in [2.45, 2.75) is 51.1 Å². The number of hydrogen-bond donors (Lipinski definition) is 1. The highest BCUT2D eigenvalue weighted by Crippen LogP contribution is 2.34. The maximum absolute atomic E-state index is 14.3. The second kappa shape index (κ2) is 13.1. The molecule has 5 aromatic rings. The maximum Gasteiger partial charge on any atom is 0.253 e. The Labute approximate surface area is 284 Å². The number of piperidine rings is 2. The summed E-state index contributed by atoms with van der Waals surface area (Å²) in [4.78, 5) is 35.9. The van der Waals surface area contributed by atoms with Crippen LogP contribution in [0.1, 0.15) is 71.2 Å². The van der Waals surface area contributed by atoms with Gasteiger partial charge in [-0.2, -0.15) is 0 Å². The van der Waals surface area contributed by atoms with E-state index in [0.717, 1.165) is 42.2 Å². The number of anilines is 1. The summed E-state index contributed by atoms with van der Waals surface area (Å²) >= 11 is 2.86. The summed E-state index contributed by atoms with van der Waals surface area (Å²) in [6.45, 7) is 4.31. The molecule has 248 valence electrons. The molecule has 2 N–H and O–H groups in total. The Morgan fingerprint density at radius 2 is 1.67 bits per heavy atom. The van der Waals surface area contributed by atoms with E-state index >= 15 is 0 Å². The zero-order valence-electron chi connectivity index (χ0n) is 26.5. The third kappa shape index (κ3) is 5.84. The average molecular weight is 718 g/mol. The normalized spacial score (nSPS) is 17.3. The quantitative estimate of drug-likeness (QED) is 0.160. The Morgan fingerprint density at radius 1 is 0.938 bits per heavy atom. The molecule has 3 aromatic carbocycles. The summed E-state index contributed by atoms with van der Waals surface area (Å²) in [6, 6.07) is 16.3. The van der Waals surface area contributed by atoms with Crippen molar-refractivity contribution in [3.63, 3.8) is 0 Å². The molecule has 2 amide bonds. The van der Waals surface area contributed by atoms with Crippen molar-refractivity contribution in [3.05, 3.63) is 93.9 Å². The van der Waals surface area contributed by atoms with Crippen LogP contribution in [0.25, 0.3) is 22.3 Å². The first kappa shape index (κ1) is 31.9. The molecule has 10 nitrogen and oxygen atoms in total. The van der Waals surface area contributed by atoms with E-state index < -0.39 is 11.6 Å². The molecule has 1 unspecified atom stereocenters. The maximum atomic E-state index is 14.3. The van der Waals surface area contributed by atoms with Crippen LogP contribution in [-0.4, -0.2) is 72.3 Å². The van der Waals surface area contributed by atoms with Crippen LogP contribution in [0.3, 0.4) is 0 Å². The largest absolute Gasteiger partial charge is 0.396 e. The van der Waals surface area contributed by atoms with Gasteiger partial charge in [0.15, 0.2) is 5.82 Å². The predicted molar refractivity (Wildman–Crippen MR) is 181 cm³/mol. The standard InChI is InChI=1S/C35H35BrF2N8O2/c1-2-30-40-27-10-3-4-11-29(27)46(30)24-9-6-14-44(19-24)35(48)22-8-5-7-21(17-22)34(47)43-15-12-23(13-16-43)45-20-28(41-42-45)25-18-26(37)31(36)32(38)33(25)39/h3-5,7-8,10-11,17-18,20,23-24H,2,6,9,12-16,19,39H2,1H3. The molecule has 4 heterocycles. The molecule has 13 heteroatoms. The number of rotatable bonds is 6. The lowest BCUT2D eigenvalue weighted by Gasteiger charge is -2.34. The highest BCUT2D eigenvalue weighted by atomic mass is 79.9. The van der Waals surface area contributed by atoms with E-state index in [9.17, 15) is 18.4 Å². The van der Waals surface area contributed by atoms with Crippen LogP contribution in [0, 0.1) is 11.6 Å². The number of aromatic nitrogens is 5. The van der Waals surface area contributed by atoms with Gasteiger partial charge in [-0.25, -0.2) is 18.4 Å². The second-order valence-electron chi connectivity index (χ2n) is 12.4. The Hall–Kier alpha value is -4.65. The second-order valence-corrected chi connectivity index (χ2v) is 13.2. The minimum Gasteiger partial charge on any atom is -0.396 e. The van der Waals surface area contributed by atoms with Crippen LogP contribution >= 0.6 is 15.9 Å². The first-order valence-electron chi connectivity index (χ1n) is 16.2. The zero-order valence-corrected chi connectivity index (χ0v) is 28.0. The number of nitrogen functional groups attached to an aromatic ring is 1. The lowest BCUT2D eigenvalue weighted by molar-refractivity contribution is 0.0679. The van der Waals surface area contributed by atoms with Crippen molar-refractivity contribution < 1.29 is 18.4 Å². The van der Waals surface area contributed by atoms with Crippen molar-refractivity contribution in [1.29, 1.82) is 0 Å². The van der Waals surface area contributed by atoms with Crippen molar-refractivity contribution in [3.8, 4) is 11.3 Å². The number of nitrogens with zero attached hydrogens (tertiary/aromatic N) is 7. The minimum absolute atomic E-state index is 0.0533. The highest BCUT2D eigenvalue weighted by Gasteiger charge is 2.30. The van der Waals surface area contributed by atoms with Crippen LogP contribution in [-0.2, 0) is 6.42 Å².